The van der Waals surface area contributed by atoms with Crippen molar-refractivity contribution in [3.8, 4) is 11.5 Å². The van der Waals surface area contributed by atoms with Crippen LogP contribution in [0.4, 0.5) is 0 Å². The Hall–Kier alpha value is -0.740. The number of aliphatic hydroxyl groups is 1. The van der Waals surface area contributed by atoms with Gasteiger partial charge in [0.25, 0.3) is 0 Å². The summed E-state index contributed by atoms with van der Waals surface area (Å²) in [5.74, 6) is 1.68. The predicted molar refractivity (Wildman–Crippen MR) is 74.5 cm³/mol. The highest BCUT2D eigenvalue weighted by atomic mass is 79.9. The van der Waals surface area contributed by atoms with E-state index in [1.807, 2.05) is 6.07 Å². The van der Waals surface area contributed by atoms with Gasteiger partial charge < -0.3 is 14.6 Å². The van der Waals surface area contributed by atoms with E-state index in [1.54, 1.807) is 14.2 Å². The molecule has 1 aromatic rings. The molecule has 1 saturated carbocycles. The van der Waals surface area contributed by atoms with Crippen molar-refractivity contribution in [2.45, 2.75) is 38.2 Å². The first kappa shape index (κ1) is 13.7. The first-order valence-electron chi connectivity index (χ1n) is 6.12. The van der Waals surface area contributed by atoms with Crippen LogP contribution in [-0.4, -0.2) is 19.3 Å². The van der Waals surface area contributed by atoms with Gasteiger partial charge in [0.05, 0.1) is 19.8 Å². The summed E-state index contributed by atoms with van der Waals surface area (Å²) in [5.41, 5.74) is 1.29. The summed E-state index contributed by atoms with van der Waals surface area (Å²) in [4.78, 5) is 0. The molecule has 2 rings (SSSR count). The van der Waals surface area contributed by atoms with Crippen molar-refractivity contribution in [3.63, 3.8) is 0 Å². The zero-order valence-corrected chi connectivity index (χ0v) is 12.8. The van der Waals surface area contributed by atoms with Crippen molar-refractivity contribution in [1.82, 2.24) is 0 Å². The molecule has 100 valence electrons. The highest BCUT2D eigenvalue weighted by Gasteiger charge is 2.46. The van der Waals surface area contributed by atoms with Gasteiger partial charge in [0.1, 0.15) is 0 Å². The number of hydrogen-bond acceptors (Lipinski definition) is 3. The first-order chi connectivity index (χ1) is 8.44. The molecule has 0 bridgehead atoms. The van der Waals surface area contributed by atoms with Gasteiger partial charge in [-0.2, -0.15) is 0 Å². The molecule has 3 nitrogen and oxygen atoms in total. The molecule has 1 aromatic carbocycles. The molecule has 1 aliphatic rings. The molecule has 1 aliphatic carbocycles. The molecule has 0 spiro atoms. The number of methoxy groups -OCH3 is 2. The highest BCUT2D eigenvalue weighted by molar-refractivity contribution is 9.10. The quantitative estimate of drug-likeness (QED) is 0.923. The second-order valence-corrected chi connectivity index (χ2v) is 5.92. The monoisotopic (exact) mass is 314 g/mol. The fraction of sp³-hybridized carbons (Fsp3) is 0.571. The van der Waals surface area contributed by atoms with Crippen LogP contribution in [0.2, 0.25) is 0 Å². The average Bonchev–Trinajstić information content (AvgIpc) is 3.06. The molecule has 1 N–H and O–H groups in total. The lowest BCUT2D eigenvalue weighted by molar-refractivity contribution is 0.148. The molecular formula is C14H19BrO3. The van der Waals surface area contributed by atoms with Gasteiger partial charge in [0.15, 0.2) is 11.5 Å². The molecule has 0 saturated heterocycles. The van der Waals surface area contributed by atoms with Gasteiger partial charge in [0, 0.05) is 15.6 Å². The first-order valence-corrected chi connectivity index (χ1v) is 6.91. The molecule has 0 heterocycles. The van der Waals surface area contributed by atoms with E-state index in [0.29, 0.717) is 5.75 Å². The Morgan fingerprint density at radius 2 is 1.89 bits per heavy atom. The zero-order valence-electron chi connectivity index (χ0n) is 11.2. The minimum absolute atomic E-state index is 0.256. The molecule has 4 heteroatoms. The molecule has 0 radical (unpaired) electrons. The van der Waals surface area contributed by atoms with Crippen LogP contribution in [0.3, 0.4) is 0 Å². The number of hydrogen-bond donors (Lipinski definition) is 1. The van der Waals surface area contributed by atoms with Gasteiger partial charge in [-0.25, -0.2) is 0 Å². The fourth-order valence-corrected chi connectivity index (χ4v) is 3.17. The summed E-state index contributed by atoms with van der Waals surface area (Å²) in [6, 6.07) is 1.87. The predicted octanol–water partition coefficient (Wildman–Crippen LogP) is 3.57. The topological polar surface area (TPSA) is 38.7 Å². The second-order valence-electron chi connectivity index (χ2n) is 5.07. The maximum Gasteiger partial charge on any atom is 0.164 e. The Bertz CT molecular complexity index is 465. The van der Waals surface area contributed by atoms with Crippen molar-refractivity contribution in [2.75, 3.05) is 14.2 Å². The summed E-state index contributed by atoms with van der Waals surface area (Å²) in [5, 5.41) is 10.5. The number of benzene rings is 1. The lowest BCUT2D eigenvalue weighted by Crippen LogP contribution is -2.13. The molecule has 0 aliphatic heterocycles. The van der Waals surface area contributed by atoms with E-state index in [1.165, 1.54) is 0 Å². The third kappa shape index (κ3) is 2.12. The largest absolute Gasteiger partial charge is 0.493 e. The van der Waals surface area contributed by atoms with Crippen molar-refractivity contribution >= 4 is 15.9 Å². The van der Waals surface area contributed by atoms with E-state index in [0.717, 1.165) is 34.2 Å². The maximum absolute atomic E-state index is 10.5. The third-order valence-electron chi connectivity index (χ3n) is 3.42. The van der Waals surface area contributed by atoms with Crippen LogP contribution in [0, 0.1) is 0 Å². The van der Waals surface area contributed by atoms with Gasteiger partial charge >= 0.3 is 0 Å². The standard InChI is InChI=1S/C14H19BrO3/c1-8(2)11-12(14(16)5-6-14)9(15)7-10(17-3)13(11)18-4/h7-8,16H,5-6H2,1-4H3. The number of ether oxygens (including phenoxy) is 2. The Kier molecular flexibility index (Phi) is 3.60. The fourth-order valence-electron chi connectivity index (χ4n) is 2.38. The smallest absolute Gasteiger partial charge is 0.164 e. The molecule has 0 amide bonds. The minimum Gasteiger partial charge on any atom is -0.493 e. The van der Waals surface area contributed by atoms with E-state index < -0.39 is 5.60 Å². The van der Waals surface area contributed by atoms with E-state index in [4.69, 9.17) is 9.47 Å². The van der Waals surface area contributed by atoms with Gasteiger partial charge in [-0.1, -0.05) is 29.8 Å². The van der Waals surface area contributed by atoms with Crippen molar-refractivity contribution in [3.05, 3.63) is 21.7 Å². The zero-order chi connectivity index (χ0) is 13.5. The Balaban J connectivity index is 2.72. The van der Waals surface area contributed by atoms with Crippen LogP contribution < -0.4 is 9.47 Å². The summed E-state index contributed by atoms with van der Waals surface area (Å²) in [6.07, 6.45) is 1.61. The minimum atomic E-state index is -0.696. The average molecular weight is 315 g/mol. The van der Waals surface area contributed by atoms with Crippen LogP contribution in [0.25, 0.3) is 0 Å². The second kappa shape index (κ2) is 4.74. The maximum atomic E-state index is 10.5. The Morgan fingerprint density at radius 1 is 1.28 bits per heavy atom. The lowest BCUT2D eigenvalue weighted by atomic mass is 9.91. The molecule has 0 aromatic heterocycles. The van der Waals surface area contributed by atoms with Crippen LogP contribution in [-0.2, 0) is 5.60 Å². The number of halogens is 1. The Labute approximate surface area is 116 Å². The van der Waals surface area contributed by atoms with Gasteiger partial charge in [0.2, 0.25) is 0 Å². The van der Waals surface area contributed by atoms with Crippen LogP contribution in [0.15, 0.2) is 10.5 Å². The highest BCUT2D eigenvalue weighted by Crippen LogP contribution is 2.54. The van der Waals surface area contributed by atoms with Crippen molar-refractivity contribution in [2.24, 2.45) is 0 Å². The molecule has 0 atom stereocenters. The van der Waals surface area contributed by atoms with Gasteiger partial charge in [-0.15, -0.1) is 0 Å². The van der Waals surface area contributed by atoms with E-state index in [2.05, 4.69) is 29.8 Å². The Morgan fingerprint density at radius 3 is 2.28 bits per heavy atom. The molecule has 0 unspecified atom stereocenters. The third-order valence-corrected chi connectivity index (χ3v) is 4.05. The van der Waals surface area contributed by atoms with E-state index in [9.17, 15) is 5.11 Å². The van der Waals surface area contributed by atoms with Crippen molar-refractivity contribution in [1.29, 1.82) is 0 Å². The van der Waals surface area contributed by atoms with Crippen LogP contribution in [0.1, 0.15) is 43.7 Å². The lowest BCUT2D eigenvalue weighted by Gasteiger charge is -2.23. The van der Waals surface area contributed by atoms with E-state index >= 15 is 0 Å². The normalized spacial score (nSPS) is 16.8. The SMILES string of the molecule is COc1cc(Br)c(C2(O)CC2)c(C(C)C)c1OC. The molecule has 1 fully saturated rings. The van der Waals surface area contributed by atoms with Crippen LogP contribution >= 0.6 is 15.9 Å². The van der Waals surface area contributed by atoms with Crippen molar-refractivity contribution < 1.29 is 14.6 Å². The summed E-state index contributed by atoms with van der Waals surface area (Å²) in [7, 11) is 3.26. The summed E-state index contributed by atoms with van der Waals surface area (Å²) >= 11 is 3.55. The summed E-state index contributed by atoms with van der Waals surface area (Å²) < 4.78 is 11.7. The van der Waals surface area contributed by atoms with E-state index in [-0.39, 0.29) is 5.92 Å². The van der Waals surface area contributed by atoms with Gasteiger partial charge in [-0.3, -0.25) is 0 Å². The molecule has 18 heavy (non-hydrogen) atoms. The number of rotatable bonds is 4. The van der Waals surface area contributed by atoms with Gasteiger partial charge in [-0.05, 0) is 24.8 Å². The summed E-state index contributed by atoms with van der Waals surface area (Å²) in [6.45, 7) is 4.19. The molecular weight excluding hydrogens is 296 g/mol. The van der Waals surface area contributed by atoms with Crippen LogP contribution in [0.5, 0.6) is 11.5 Å².